The van der Waals surface area contributed by atoms with E-state index in [2.05, 4.69) is 17.1 Å². The molecule has 2 N–H and O–H groups in total. The van der Waals surface area contributed by atoms with Gasteiger partial charge in [0, 0.05) is 15.8 Å². The first-order valence-corrected chi connectivity index (χ1v) is 7.16. The maximum absolute atomic E-state index is 10.8. The van der Waals surface area contributed by atoms with E-state index in [1.165, 1.54) is 16.2 Å². The summed E-state index contributed by atoms with van der Waals surface area (Å²) in [4.78, 5) is 16.4. The molecule has 5 heteroatoms. The van der Waals surface area contributed by atoms with Crippen LogP contribution in [-0.2, 0) is 11.2 Å². The first-order chi connectivity index (χ1) is 8.19. The molecule has 2 aromatic rings. The summed E-state index contributed by atoms with van der Waals surface area (Å²) < 4.78 is 0. The van der Waals surface area contributed by atoms with Crippen molar-refractivity contribution in [2.45, 2.75) is 11.3 Å². The van der Waals surface area contributed by atoms with Crippen molar-refractivity contribution in [3.05, 3.63) is 34.7 Å². The smallest absolute Gasteiger partial charge is 0.224 e. The predicted molar refractivity (Wildman–Crippen MR) is 72.2 cm³/mol. The number of nitrogens with zero attached hydrogens (tertiary/aromatic N) is 1. The highest BCUT2D eigenvalue weighted by Crippen LogP contribution is 2.24. The van der Waals surface area contributed by atoms with E-state index in [4.69, 9.17) is 5.73 Å². The van der Waals surface area contributed by atoms with Crippen molar-refractivity contribution in [2.75, 3.05) is 6.26 Å². The van der Waals surface area contributed by atoms with Gasteiger partial charge in [-0.2, -0.15) is 0 Å². The van der Waals surface area contributed by atoms with Crippen molar-refractivity contribution in [2.24, 2.45) is 5.73 Å². The molecular weight excluding hydrogens is 252 g/mol. The van der Waals surface area contributed by atoms with Gasteiger partial charge >= 0.3 is 0 Å². The monoisotopic (exact) mass is 264 g/mol. The molecule has 0 spiro atoms. The van der Waals surface area contributed by atoms with Crippen LogP contribution < -0.4 is 5.73 Å². The van der Waals surface area contributed by atoms with Gasteiger partial charge in [-0.1, -0.05) is 12.1 Å². The second-order valence-electron chi connectivity index (χ2n) is 3.50. The quantitative estimate of drug-likeness (QED) is 0.863. The molecule has 0 bridgehead atoms. The molecule has 3 nitrogen and oxygen atoms in total. The van der Waals surface area contributed by atoms with Crippen molar-refractivity contribution >= 4 is 29.0 Å². The number of thiazole rings is 1. The summed E-state index contributed by atoms with van der Waals surface area (Å²) in [5.74, 6) is -0.344. The van der Waals surface area contributed by atoms with Crippen molar-refractivity contribution in [3.63, 3.8) is 0 Å². The summed E-state index contributed by atoms with van der Waals surface area (Å²) in [6, 6.07) is 8.20. The van der Waals surface area contributed by atoms with Crippen LogP contribution in [0, 0.1) is 0 Å². The third-order valence-electron chi connectivity index (χ3n) is 2.26. The van der Waals surface area contributed by atoms with Gasteiger partial charge in [0.05, 0.1) is 12.1 Å². The fourth-order valence-electron chi connectivity index (χ4n) is 1.44. The topological polar surface area (TPSA) is 56.0 Å². The van der Waals surface area contributed by atoms with Crippen LogP contribution in [0.3, 0.4) is 0 Å². The number of amides is 1. The largest absolute Gasteiger partial charge is 0.369 e. The van der Waals surface area contributed by atoms with Gasteiger partial charge in [-0.3, -0.25) is 4.79 Å². The summed E-state index contributed by atoms with van der Waals surface area (Å²) in [7, 11) is 0. The third-order valence-corrected chi connectivity index (χ3v) is 3.86. The second kappa shape index (κ2) is 5.33. The minimum Gasteiger partial charge on any atom is -0.369 e. The lowest BCUT2D eigenvalue weighted by atomic mass is 10.2. The van der Waals surface area contributed by atoms with Gasteiger partial charge in [0.1, 0.15) is 5.01 Å². The van der Waals surface area contributed by atoms with Crippen molar-refractivity contribution in [1.82, 2.24) is 4.98 Å². The molecule has 0 aliphatic carbocycles. The summed E-state index contributed by atoms with van der Waals surface area (Å²) in [5, 5.41) is 2.72. The van der Waals surface area contributed by atoms with E-state index >= 15 is 0 Å². The Kier molecular flexibility index (Phi) is 3.81. The van der Waals surface area contributed by atoms with Crippen molar-refractivity contribution in [1.29, 1.82) is 0 Å². The number of thioether (sulfide) groups is 1. The maximum Gasteiger partial charge on any atom is 0.224 e. The van der Waals surface area contributed by atoms with Crippen LogP contribution in [0.4, 0.5) is 0 Å². The summed E-state index contributed by atoms with van der Waals surface area (Å²) >= 11 is 3.17. The van der Waals surface area contributed by atoms with Crippen molar-refractivity contribution < 1.29 is 4.79 Å². The SMILES string of the molecule is CSc1ccc(-c2csc(CC(N)=O)n2)cc1. The molecule has 1 amide bonds. The number of hydrogen-bond donors (Lipinski definition) is 1. The van der Waals surface area contributed by atoms with E-state index < -0.39 is 0 Å². The molecule has 0 radical (unpaired) electrons. The summed E-state index contributed by atoms with van der Waals surface area (Å²) in [6.45, 7) is 0. The van der Waals surface area contributed by atoms with E-state index in [-0.39, 0.29) is 12.3 Å². The first-order valence-electron chi connectivity index (χ1n) is 5.06. The lowest BCUT2D eigenvalue weighted by molar-refractivity contribution is -0.117. The highest BCUT2D eigenvalue weighted by atomic mass is 32.2. The zero-order chi connectivity index (χ0) is 12.3. The number of aromatic nitrogens is 1. The van der Waals surface area contributed by atoms with Crippen LogP contribution in [0.15, 0.2) is 34.5 Å². The molecule has 0 unspecified atom stereocenters. The van der Waals surface area contributed by atoms with Gasteiger partial charge in [0.2, 0.25) is 5.91 Å². The molecule has 0 saturated heterocycles. The molecule has 1 aromatic carbocycles. The van der Waals surface area contributed by atoms with Crippen LogP contribution in [0.5, 0.6) is 0 Å². The third kappa shape index (κ3) is 3.08. The van der Waals surface area contributed by atoms with Gasteiger partial charge in [-0.05, 0) is 18.4 Å². The molecule has 0 aliphatic heterocycles. The number of rotatable bonds is 4. The zero-order valence-corrected chi connectivity index (χ0v) is 11.0. The van der Waals surface area contributed by atoms with Gasteiger partial charge in [0.25, 0.3) is 0 Å². The Hall–Kier alpha value is -1.33. The van der Waals surface area contributed by atoms with Crippen molar-refractivity contribution in [3.8, 4) is 11.3 Å². The van der Waals surface area contributed by atoms with Gasteiger partial charge in [0.15, 0.2) is 0 Å². The minimum atomic E-state index is -0.344. The van der Waals surface area contributed by atoms with E-state index in [0.29, 0.717) is 0 Å². The highest BCUT2D eigenvalue weighted by Gasteiger charge is 2.06. The zero-order valence-electron chi connectivity index (χ0n) is 9.34. The standard InChI is InChI=1S/C12H12N2OS2/c1-16-9-4-2-8(3-5-9)10-7-17-12(14-10)6-11(13)15/h2-5,7H,6H2,1H3,(H2,13,15). The number of benzene rings is 1. The second-order valence-corrected chi connectivity index (χ2v) is 5.32. The van der Waals surface area contributed by atoms with Crippen LogP contribution >= 0.6 is 23.1 Å². The Morgan fingerprint density at radius 1 is 1.41 bits per heavy atom. The Bertz CT molecular complexity index is 520. The molecule has 0 saturated carbocycles. The molecule has 0 atom stereocenters. The number of hydrogen-bond acceptors (Lipinski definition) is 4. The van der Waals surface area contributed by atoms with Crippen LogP contribution in [0.2, 0.25) is 0 Å². The van der Waals surface area contributed by atoms with E-state index in [9.17, 15) is 4.79 Å². The van der Waals surface area contributed by atoms with Gasteiger partial charge in [-0.15, -0.1) is 23.1 Å². The van der Waals surface area contributed by atoms with Crippen LogP contribution in [0.1, 0.15) is 5.01 Å². The molecule has 88 valence electrons. The Morgan fingerprint density at radius 2 is 2.12 bits per heavy atom. The lowest BCUT2D eigenvalue weighted by Gasteiger charge is -1.98. The molecule has 2 rings (SSSR count). The Balaban J connectivity index is 2.21. The number of nitrogens with two attached hydrogens (primary N) is 1. The lowest BCUT2D eigenvalue weighted by Crippen LogP contribution is -2.13. The number of carbonyl (C=O) groups is 1. The molecule has 1 aromatic heterocycles. The minimum absolute atomic E-state index is 0.216. The average molecular weight is 264 g/mol. The molecule has 1 heterocycles. The average Bonchev–Trinajstić information content (AvgIpc) is 2.77. The van der Waals surface area contributed by atoms with Gasteiger partial charge < -0.3 is 5.73 Å². The van der Waals surface area contributed by atoms with E-state index in [1.807, 2.05) is 23.8 Å². The first kappa shape index (κ1) is 12.1. The molecule has 0 aliphatic rings. The Labute approximate surface area is 108 Å². The number of primary amides is 1. The summed E-state index contributed by atoms with van der Waals surface area (Å²) in [5.41, 5.74) is 7.10. The predicted octanol–water partition coefficient (Wildman–Crippen LogP) is 2.56. The summed E-state index contributed by atoms with van der Waals surface area (Å²) in [6.07, 6.45) is 2.26. The molecule has 17 heavy (non-hydrogen) atoms. The maximum atomic E-state index is 10.8. The fourth-order valence-corrected chi connectivity index (χ4v) is 2.66. The van der Waals surface area contributed by atoms with Gasteiger partial charge in [-0.25, -0.2) is 4.98 Å². The van der Waals surface area contributed by atoms with E-state index in [0.717, 1.165) is 16.3 Å². The highest BCUT2D eigenvalue weighted by molar-refractivity contribution is 7.98. The molecule has 0 fully saturated rings. The van der Waals surface area contributed by atoms with E-state index in [1.54, 1.807) is 11.8 Å². The number of carbonyl (C=O) groups excluding carboxylic acids is 1. The fraction of sp³-hybridized carbons (Fsp3) is 0.167. The Morgan fingerprint density at radius 3 is 2.71 bits per heavy atom. The van der Waals surface area contributed by atoms with Crippen LogP contribution in [-0.4, -0.2) is 17.1 Å². The normalized spacial score (nSPS) is 10.4. The molecular formula is C12H12N2OS2. The van der Waals surface area contributed by atoms with Crippen LogP contribution in [0.25, 0.3) is 11.3 Å².